The summed E-state index contributed by atoms with van der Waals surface area (Å²) in [5.41, 5.74) is 9.33. The van der Waals surface area contributed by atoms with Gasteiger partial charge in [0.1, 0.15) is 12.1 Å². The fraction of sp³-hybridized carbons (Fsp3) is 0.0667. The Morgan fingerprint density at radius 2 is 1.63 bits per heavy atom. The Bertz CT molecular complexity index is 719. The molecule has 0 heterocycles. The van der Waals surface area contributed by atoms with Gasteiger partial charge in [0.2, 0.25) is 0 Å². The first kappa shape index (κ1) is 13.1. The van der Waals surface area contributed by atoms with Crippen molar-refractivity contribution in [3.8, 4) is 23.3 Å². The summed E-state index contributed by atoms with van der Waals surface area (Å²) >= 11 is 3.37. The second-order valence-electron chi connectivity index (χ2n) is 4.14. The second-order valence-corrected chi connectivity index (χ2v) is 5.05. The van der Waals surface area contributed by atoms with Gasteiger partial charge in [-0.3, -0.25) is 0 Å². The molecule has 2 aromatic carbocycles. The van der Waals surface area contributed by atoms with Gasteiger partial charge >= 0.3 is 0 Å². The number of aryl methyl sites for hydroxylation is 1. The van der Waals surface area contributed by atoms with E-state index in [0.29, 0.717) is 11.1 Å². The summed E-state index contributed by atoms with van der Waals surface area (Å²) in [5, 5.41) is 18.3. The molecule has 0 fully saturated rings. The third-order valence-corrected chi connectivity index (χ3v) is 3.47. The van der Waals surface area contributed by atoms with Crippen molar-refractivity contribution in [3.05, 3.63) is 51.5 Å². The number of halogens is 1. The van der Waals surface area contributed by atoms with Crippen LogP contribution in [0.2, 0.25) is 0 Å². The molecule has 2 N–H and O–H groups in total. The van der Waals surface area contributed by atoms with E-state index >= 15 is 0 Å². The van der Waals surface area contributed by atoms with Crippen LogP contribution in [0.3, 0.4) is 0 Å². The van der Waals surface area contributed by atoms with Crippen LogP contribution in [-0.4, -0.2) is 0 Å². The minimum atomic E-state index is 0.253. The molecule has 0 bridgehead atoms. The molecule has 0 amide bonds. The Labute approximate surface area is 120 Å². The Balaban J connectivity index is 2.75. The van der Waals surface area contributed by atoms with E-state index < -0.39 is 0 Å². The zero-order valence-corrected chi connectivity index (χ0v) is 11.8. The van der Waals surface area contributed by atoms with Crippen molar-refractivity contribution in [1.82, 2.24) is 0 Å². The van der Waals surface area contributed by atoms with Crippen LogP contribution in [0.15, 0.2) is 34.8 Å². The zero-order valence-electron chi connectivity index (χ0n) is 10.2. The highest BCUT2D eigenvalue weighted by atomic mass is 79.9. The number of rotatable bonds is 1. The van der Waals surface area contributed by atoms with Gasteiger partial charge in [-0.15, -0.1) is 0 Å². The first-order chi connectivity index (χ1) is 9.08. The van der Waals surface area contributed by atoms with E-state index in [1.165, 1.54) is 0 Å². The predicted octanol–water partition coefficient (Wildman–Crippen LogP) is 3.75. The third kappa shape index (κ3) is 2.31. The number of hydrogen-bond donors (Lipinski definition) is 1. The fourth-order valence-electron chi connectivity index (χ4n) is 1.97. The lowest BCUT2D eigenvalue weighted by Crippen LogP contribution is -2.00. The van der Waals surface area contributed by atoms with Gasteiger partial charge in [0, 0.05) is 10.0 Å². The van der Waals surface area contributed by atoms with E-state index in [-0.39, 0.29) is 5.69 Å². The average molecular weight is 312 g/mol. The molecule has 0 saturated carbocycles. The minimum Gasteiger partial charge on any atom is -0.397 e. The maximum Gasteiger partial charge on any atom is 0.102 e. The molecule has 0 spiro atoms. The average Bonchev–Trinajstić information content (AvgIpc) is 2.39. The Morgan fingerprint density at radius 3 is 2.16 bits per heavy atom. The summed E-state index contributed by atoms with van der Waals surface area (Å²) in [6.07, 6.45) is 0. The summed E-state index contributed by atoms with van der Waals surface area (Å²) in [4.78, 5) is 0. The summed E-state index contributed by atoms with van der Waals surface area (Å²) in [6, 6.07) is 13.6. The van der Waals surface area contributed by atoms with E-state index in [0.717, 1.165) is 21.2 Å². The molecule has 0 unspecified atom stereocenters. The first-order valence-electron chi connectivity index (χ1n) is 5.57. The molecule has 0 aliphatic carbocycles. The Morgan fingerprint density at radius 1 is 1.05 bits per heavy atom. The molecule has 0 aromatic heterocycles. The largest absolute Gasteiger partial charge is 0.397 e. The lowest BCUT2D eigenvalue weighted by molar-refractivity contribution is 1.37. The van der Waals surface area contributed by atoms with E-state index in [2.05, 4.69) is 22.0 Å². The van der Waals surface area contributed by atoms with Gasteiger partial charge in [-0.05, 0) is 36.2 Å². The molecule has 0 aliphatic heterocycles. The molecule has 0 aliphatic rings. The lowest BCUT2D eigenvalue weighted by atomic mass is 9.93. The van der Waals surface area contributed by atoms with Crippen LogP contribution >= 0.6 is 15.9 Å². The van der Waals surface area contributed by atoms with Crippen LogP contribution in [-0.2, 0) is 0 Å². The normalized spacial score (nSPS) is 9.68. The van der Waals surface area contributed by atoms with Crippen LogP contribution in [0, 0.1) is 29.6 Å². The smallest absolute Gasteiger partial charge is 0.102 e. The van der Waals surface area contributed by atoms with Crippen LogP contribution in [0.25, 0.3) is 11.1 Å². The summed E-state index contributed by atoms with van der Waals surface area (Å²) in [7, 11) is 0. The summed E-state index contributed by atoms with van der Waals surface area (Å²) in [5.74, 6) is 0. The number of nitrogen functional groups attached to an aromatic ring is 1. The maximum absolute atomic E-state index is 9.28. The standard InChI is InChI=1S/C15H10BrN3/c1-9-6-12(10-2-4-11(16)5-3-10)14(8-18)15(19)13(9)7-17/h2-6H,19H2,1H3. The van der Waals surface area contributed by atoms with Crippen molar-refractivity contribution in [2.24, 2.45) is 0 Å². The summed E-state index contributed by atoms with van der Waals surface area (Å²) < 4.78 is 0.966. The number of nitrogens with zero attached hydrogens (tertiary/aromatic N) is 2. The van der Waals surface area contributed by atoms with Crippen molar-refractivity contribution in [2.45, 2.75) is 6.92 Å². The number of benzene rings is 2. The molecular formula is C15H10BrN3. The molecule has 2 rings (SSSR count). The van der Waals surface area contributed by atoms with Gasteiger partial charge in [0.15, 0.2) is 0 Å². The second kappa shape index (κ2) is 5.14. The van der Waals surface area contributed by atoms with E-state index in [4.69, 9.17) is 11.0 Å². The van der Waals surface area contributed by atoms with Crippen molar-refractivity contribution in [3.63, 3.8) is 0 Å². The zero-order chi connectivity index (χ0) is 14.0. The van der Waals surface area contributed by atoms with Gasteiger partial charge in [0.25, 0.3) is 0 Å². The summed E-state index contributed by atoms with van der Waals surface area (Å²) in [6.45, 7) is 1.82. The molecule has 19 heavy (non-hydrogen) atoms. The van der Waals surface area contributed by atoms with Crippen LogP contribution in [0.5, 0.6) is 0 Å². The van der Waals surface area contributed by atoms with E-state index in [9.17, 15) is 5.26 Å². The molecule has 4 heteroatoms. The van der Waals surface area contributed by atoms with Crippen LogP contribution in [0.1, 0.15) is 16.7 Å². The highest BCUT2D eigenvalue weighted by molar-refractivity contribution is 9.10. The van der Waals surface area contributed by atoms with Crippen molar-refractivity contribution in [2.75, 3.05) is 5.73 Å². The topological polar surface area (TPSA) is 73.6 Å². The number of hydrogen-bond acceptors (Lipinski definition) is 3. The van der Waals surface area contributed by atoms with Crippen molar-refractivity contribution in [1.29, 1.82) is 10.5 Å². The van der Waals surface area contributed by atoms with Gasteiger partial charge in [0.05, 0.1) is 16.8 Å². The van der Waals surface area contributed by atoms with E-state index in [1.807, 2.05) is 43.3 Å². The predicted molar refractivity (Wildman–Crippen MR) is 78.2 cm³/mol. The quantitative estimate of drug-likeness (QED) is 0.815. The SMILES string of the molecule is Cc1cc(-c2ccc(Br)cc2)c(C#N)c(N)c1C#N. The third-order valence-electron chi connectivity index (χ3n) is 2.94. The lowest BCUT2D eigenvalue weighted by Gasteiger charge is -2.11. The highest BCUT2D eigenvalue weighted by Gasteiger charge is 2.14. The molecule has 0 atom stereocenters. The van der Waals surface area contributed by atoms with Crippen molar-refractivity contribution < 1.29 is 0 Å². The van der Waals surface area contributed by atoms with Gasteiger partial charge in [-0.2, -0.15) is 10.5 Å². The van der Waals surface area contributed by atoms with Crippen LogP contribution < -0.4 is 5.73 Å². The highest BCUT2D eigenvalue weighted by Crippen LogP contribution is 2.32. The Hall–Kier alpha value is -2.30. The molecule has 3 nitrogen and oxygen atoms in total. The van der Waals surface area contributed by atoms with Gasteiger partial charge in [-0.25, -0.2) is 0 Å². The first-order valence-corrected chi connectivity index (χ1v) is 6.37. The monoisotopic (exact) mass is 311 g/mol. The van der Waals surface area contributed by atoms with Crippen molar-refractivity contribution >= 4 is 21.6 Å². The number of nitriles is 2. The molecule has 0 saturated heterocycles. The fourth-order valence-corrected chi connectivity index (χ4v) is 2.23. The molecule has 2 aromatic rings. The minimum absolute atomic E-state index is 0.253. The van der Waals surface area contributed by atoms with Gasteiger partial charge < -0.3 is 5.73 Å². The number of nitrogens with two attached hydrogens (primary N) is 1. The Kier molecular flexibility index (Phi) is 3.55. The van der Waals surface area contributed by atoms with E-state index in [1.54, 1.807) is 0 Å². The molecule has 0 radical (unpaired) electrons. The molecule has 92 valence electrons. The number of anilines is 1. The van der Waals surface area contributed by atoms with Crippen LogP contribution in [0.4, 0.5) is 5.69 Å². The molecular weight excluding hydrogens is 302 g/mol. The van der Waals surface area contributed by atoms with Gasteiger partial charge in [-0.1, -0.05) is 28.1 Å². The maximum atomic E-state index is 9.28.